The number of hydrogen-bond donors (Lipinski definition) is 1. The molecule has 2 nitrogen and oxygen atoms in total. The molecule has 0 saturated heterocycles. The van der Waals surface area contributed by atoms with Gasteiger partial charge in [0.2, 0.25) is 0 Å². The number of aryl methyl sites for hydroxylation is 2. The van der Waals surface area contributed by atoms with Gasteiger partial charge in [-0.2, -0.15) is 0 Å². The van der Waals surface area contributed by atoms with E-state index in [1.807, 2.05) is 44.2 Å². The largest absolute Gasteiger partial charge is 0.457 e. The lowest BCUT2D eigenvalue weighted by Crippen LogP contribution is -2.10. The summed E-state index contributed by atoms with van der Waals surface area (Å²) in [5, 5.41) is 0. The van der Waals surface area contributed by atoms with E-state index in [2.05, 4.69) is 22.0 Å². The van der Waals surface area contributed by atoms with Gasteiger partial charge >= 0.3 is 0 Å². The van der Waals surface area contributed by atoms with Crippen LogP contribution in [0.3, 0.4) is 0 Å². The van der Waals surface area contributed by atoms with E-state index >= 15 is 0 Å². The minimum Gasteiger partial charge on any atom is -0.457 e. The Balaban J connectivity index is 2.40. The summed E-state index contributed by atoms with van der Waals surface area (Å²) in [6.07, 6.45) is 0. The number of benzene rings is 2. The molecule has 0 amide bonds. The highest BCUT2D eigenvalue weighted by Gasteiger charge is 2.09. The zero-order valence-electron chi connectivity index (χ0n) is 10.7. The van der Waals surface area contributed by atoms with Gasteiger partial charge in [0.15, 0.2) is 0 Å². The average Bonchev–Trinajstić information content (AvgIpc) is 2.30. The van der Waals surface area contributed by atoms with Crippen LogP contribution in [0.2, 0.25) is 0 Å². The van der Waals surface area contributed by atoms with Crippen LogP contribution in [0.1, 0.15) is 16.7 Å². The van der Waals surface area contributed by atoms with Crippen LogP contribution in [0, 0.1) is 13.8 Å². The molecule has 0 aliphatic heterocycles. The van der Waals surface area contributed by atoms with Gasteiger partial charge < -0.3 is 10.5 Å². The summed E-state index contributed by atoms with van der Waals surface area (Å²) >= 11 is 8.46. The molecule has 2 N–H and O–H groups in total. The van der Waals surface area contributed by atoms with Gasteiger partial charge in [-0.25, -0.2) is 0 Å². The van der Waals surface area contributed by atoms with E-state index in [4.69, 9.17) is 22.7 Å². The molecule has 0 saturated carbocycles. The Morgan fingerprint density at radius 2 is 1.74 bits per heavy atom. The molecule has 0 heterocycles. The van der Waals surface area contributed by atoms with Gasteiger partial charge in [0, 0.05) is 4.47 Å². The molecule has 2 aromatic rings. The fourth-order valence-electron chi connectivity index (χ4n) is 1.90. The molecular weight excluding hydrogens is 322 g/mol. The van der Waals surface area contributed by atoms with Gasteiger partial charge in [-0.3, -0.25) is 0 Å². The molecule has 0 aromatic heterocycles. The van der Waals surface area contributed by atoms with Gasteiger partial charge in [-0.05, 0) is 55.3 Å². The average molecular weight is 336 g/mol. The van der Waals surface area contributed by atoms with Crippen LogP contribution >= 0.6 is 28.1 Å². The molecule has 2 rings (SSSR count). The van der Waals surface area contributed by atoms with Crippen molar-refractivity contribution in [3.63, 3.8) is 0 Å². The van der Waals surface area contributed by atoms with E-state index < -0.39 is 0 Å². The molecule has 0 unspecified atom stereocenters. The quantitative estimate of drug-likeness (QED) is 0.839. The Morgan fingerprint density at radius 1 is 1.11 bits per heavy atom. The second-order valence-electron chi connectivity index (χ2n) is 4.43. The van der Waals surface area contributed by atoms with Gasteiger partial charge in [-0.15, -0.1) is 0 Å². The maximum atomic E-state index is 5.90. The smallest absolute Gasteiger partial charge is 0.137 e. The maximum Gasteiger partial charge on any atom is 0.137 e. The minimum atomic E-state index is 0.320. The fraction of sp³-hybridized carbons (Fsp3) is 0.133. The molecule has 0 aliphatic rings. The predicted octanol–water partition coefficient (Wildman–Crippen LogP) is 4.49. The number of halogens is 1. The van der Waals surface area contributed by atoms with Gasteiger partial charge in [0.05, 0.1) is 5.56 Å². The first-order chi connectivity index (χ1) is 8.95. The number of ether oxygens (including phenoxy) is 1. The van der Waals surface area contributed by atoms with Crippen molar-refractivity contribution in [1.82, 2.24) is 0 Å². The molecule has 0 bridgehead atoms. The van der Waals surface area contributed by atoms with E-state index in [0.717, 1.165) is 26.9 Å². The lowest BCUT2D eigenvalue weighted by Gasteiger charge is -2.12. The Morgan fingerprint density at radius 3 is 2.32 bits per heavy atom. The molecule has 0 radical (unpaired) electrons. The third kappa shape index (κ3) is 3.55. The molecule has 2 aromatic carbocycles. The molecule has 0 spiro atoms. The lowest BCUT2D eigenvalue weighted by atomic mass is 10.1. The lowest BCUT2D eigenvalue weighted by molar-refractivity contribution is 0.481. The van der Waals surface area contributed by atoms with E-state index in [1.54, 1.807) is 0 Å². The summed E-state index contributed by atoms with van der Waals surface area (Å²) in [5.74, 6) is 1.46. The number of rotatable bonds is 3. The van der Waals surface area contributed by atoms with E-state index in [9.17, 15) is 0 Å². The van der Waals surface area contributed by atoms with Crippen molar-refractivity contribution in [2.45, 2.75) is 13.8 Å². The van der Waals surface area contributed by atoms with Crippen molar-refractivity contribution in [3.8, 4) is 11.5 Å². The van der Waals surface area contributed by atoms with E-state index in [1.165, 1.54) is 0 Å². The summed E-state index contributed by atoms with van der Waals surface area (Å²) < 4.78 is 6.82. The second kappa shape index (κ2) is 5.72. The summed E-state index contributed by atoms with van der Waals surface area (Å²) in [4.78, 5) is 0.320. The highest BCUT2D eigenvalue weighted by molar-refractivity contribution is 9.10. The molecule has 98 valence electrons. The molecule has 0 aliphatic carbocycles. The van der Waals surface area contributed by atoms with Crippen molar-refractivity contribution in [3.05, 3.63) is 57.6 Å². The Kier molecular flexibility index (Phi) is 4.22. The van der Waals surface area contributed by atoms with Gasteiger partial charge in [0.25, 0.3) is 0 Å². The highest BCUT2D eigenvalue weighted by atomic mass is 79.9. The summed E-state index contributed by atoms with van der Waals surface area (Å²) in [6, 6.07) is 11.7. The number of thiocarbonyl (C=S) groups is 1. The van der Waals surface area contributed by atoms with Crippen molar-refractivity contribution in [1.29, 1.82) is 0 Å². The van der Waals surface area contributed by atoms with Crippen molar-refractivity contribution in [2.75, 3.05) is 0 Å². The number of nitrogens with two attached hydrogens (primary N) is 1. The first-order valence-electron chi connectivity index (χ1n) is 5.81. The third-order valence-corrected chi connectivity index (χ3v) is 3.34. The molecule has 0 fully saturated rings. The number of hydrogen-bond acceptors (Lipinski definition) is 2. The summed E-state index contributed by atoms with van der Waals surface area (Å²) in [7, 11) is 0. The Bertz CT molecular complexity index is 620. The molecule has 19 heavy (non-hydrogen) atoms. The van der Waals surface area contributed by atoms with E-state index in [-0.39, 0.29) is 0 Å². The zero-order chi connectivity index (χ0) is 14.0. The van der Waals surface area contributed by atoms with Crippen LogP contribution < -0.4 is 10.5 Å². The third-order valence-electron chi connectivity index (χ3n) is 2.63. The highest BCUT2D eigenvalue weighted by Crippen LogP contribution is 2.29. The predicted molar refractivity (Wildman–Crippen MR) is 86.0 cm³/mol. The van der Waals surface area contributed by atoms with Crippen molar-refractivity contribution in [2.24, 2.45) is 5.73 Å². The summed E-state index contributed by atoms with van der Waals surface area (Å²) in [5.41, 5.74) is 8.77. The minimum absolute atomic E-state index is 0.320. The first-order valence-corrected chi connectivity index (χ1v) is 7.01. The maximum absolute atomic E-state index is 5.90. The van der Waals surface area contributed by atoms with Crippen LogP contribution in [0.5, 0.6) is 11.5 Å². The van der Waals surface area contributed by atoms with Gasteiger partial charge in [0.1, 0.15) is 16.5 Å². The van der Waals surface area contributed by atoms with Crippen molar-refractivity contribution < 1.29 is 4.74 Å². The second-order valence-corrected chi connectivity index (χ2v) is 5.79. The first kappa shape index (κ1) is 14.0. The topological polar surface area (TPSA) is 35.2 Å². The Hall–Kier alpha value is -1.39. The normalized spacial score (nSPS) is 10.3. The van der Waals surface area contributed by atoms with Gasteiger partial charge in [-0.1, -0.05) is 34.2 Å². The molecular formula is C15H14BrNOS. The SMILES string of the molecule is Cc1cc(C)cc(Oc2ccc(Br)cc2C(N)=S)c1. The summed E-state index contributed by atoms with van der Waals surface area (Å²) in [6.45, 7) is 4.08. The van der Waals surface area contributed by atoms with Crippen LogP contribution in [0.15, 0.2) is 40.9 Å². The van der Waals surface area contributed by atoms with Crippen LogP contribution in [-0.2, 0) is 0 Å². The monoisotopic (exact) mass is 335 g/mol. The molecule has 0 atom stereocenters. The van der Waals surface area contributed by atoms with E-state index in [0.29, 0.717) is 10.7 Å². The zero-order valence-corrected chi connectivity index (χ0v) is 13.1. The standard InChI is InChI=1S/C15H14BrNOS/c1-9-5-10(2)7-12(6-9)18-14-4-3-11(16)8-13(14)15(17)19/h3-8H,1-2H3,(H2,17,19). The van der Waals surface area contributed by atoms with Crippen LogP contribution in [0.4, 0.5) is 0 Å². The van der Waals surface area contributed by atoms with Crippen LogP contribution in [-0.4, -0.2) is 4.99 Å². The van der Waals surface area contributed by atoms with Crippen LogP contribution in [0.25, 0.3) is 0 Å². The van der Waals surface area contributed by atoms with Crippen molar-refractivity contribution >= 4 is 33.1 Å². The Labute approximate surface area is 126 Å². The molecule has 4 heteroatoms. The fourth-order valence-corrected chi connectivity index (χ4v) is 2.42.